The Bertz CT molecular complexity index is 1740. The van der Waals surface area contributed by atoms with E-state index in [0.29, 0.717) is 33.5 Å². The number of likely N-dealkylation sites (N-methyl/N-ethyl adjacent to an activating group) is 1. The summed E-state index contributed by atoms with van der Waals surface area (Å²) in [5.41, 5.74) is 3.85. The first-order valence-corrected chi connectivity index (χ1v) is 11.9. The number of hydrogen-bond acceptors (Lipinski definition) is 4. The summed E-state index contributed by atoms with van der Waals surface area (Å²) in [7, 11) is 1.71. The number of ketones is 2. The Hall–Kier alpha value is -4.84. The van der Waals surface area contributed by atoms with Crippen molar-refractivity contribution in [2.45, 2.75) is 5.54 Å². The van der Waals surface area contributed by atoms with Crippen molar-refractivity contribution in [3.8, 4) is 0 Å². The smallest absolute Gasteiger partial charge is 0.261 e. The van der Waals surface area contributed by atoms with Crippen LogP contribution in [0.2, 0.25) is 0 Å². The van der Waals surface area contributed by atoms with Gasteiger partial charge in [0.05, 0.1) is 11.3 Å². The Morgan fingerprint density at radius 2 is 1.38 bits per heavy atom. The maximum atomic E-state index is 13.9. The number of nitrogens with zero attached hydrogens (tertiary/aromatic N) is 1. The second-order valence-corrected chi connectivity index (χ2v) is 9.49. The zero-order valence-electron chi connectivity index (χ0n) is 19.7. The number of rotatable bonds is 1. The number of para-hydroxylation sites is 1. The van der Waals surface area contributed by atoms with E-state index in [4.69, 9.17) is 0 Å². The zero-order chi connectivity index (χ0) is 25.5. The standard InChI is InChI=1S/C31H19FN2O3/c1-34-25-9-5-4-8-24(25)31(30(34)37)16-23(17-10-12-18(32)13-11-17)19-14-15-22-26(27(19)33-31)29(36)21-7-3-2-6-20(21)28(22)35/h2-16,33H,1H3/t31-/m1/s1. The van der Waals surface area contributed by atoms with Gasteiger partial charge in [0.15, 0.2) is 17.1 Å². The minimum absolute atomic E-state index is 0.216. The normalized spacial score (nSPS) is 19.1. The van der Waals surface area contributed by atoms with Gasteiger partial charge < -0.3 is 10.2 Å². The van der Waals surface area contributed by atoms with Gasteiger partial charge in [-0.3, -0.25) is 14.4 Å². The summed E-state index contributed by atoms with van der Waals surface area (Å²) in [6.07, 6.45) is 1.85. The monoisotopic (exact) mass is 486 g/mol. The molecule has 3 aliphatic rings. The molecule has 1 atom stereocenters. The first kappa shape index (κ1) is 21.4. The van der Waals surface area contributed by atoms with Gasteiger partial charge >= 0.3 is 0 Å². The van der Waals surface area contributed by atoms with Crippen molar-refractivity contribution in [2.75, 3.05) is 17.3 Å². The van der Waals surface area contributed by atoms with E-state index < -0.39 is 5.54 Å². The Labute approximate surface area is 211 Å². The van der Waals surface area contributed by atoms with Crippen LogP contribution in [-0.4, -0.2) is 24.5 Å². The van der Waals surface area contributed by atoms with E-state index in [0.717, 1.165) is 11.3 Å². The van der Waals surface area contributed by atoms with Gasteiger partial charge in [0.1, 0.15) is 5.82 Å². The van der Waals surface area contributed by atoms with Gasteiger partial charge in [0, 0.05) is 40.6 Å². The first-order valence-electron chi connectivity index (χ1n) is 11.9. The third-order valence-electron chi connectivity index (χ3n) is 7.55. The summed E-state index contributed by atoms with van der Waals surface area (Å²) < 4.78 is 13.8. The summed E-state index contributed by atoms with van der Waals surface area (Å²) in [6, 6.07) is 23.7. The molecule has 178 valence electrons. The molecule has 4 aromatic carbocycles. The molecule has 1 aliphatic carbocycles. The summed E-state index contributed by atoms with van der Waals surface area (Å²) in [6.45, 7) is 0. The van der Waals surface area contributed by atoms with E-state index in [1.54, 1.807) is 60.5 Å². The highest BCUT2D eigenvalue weighted by atomic mass is 19.1. The Morgan fingerprint density at radius 3 is 2.14 bits per heavy atom. The highest BCUT2D eigenvalue weighted by Gasteiger charge is 2.51. The molecule has 6 heteroatoms. The molecule has 2 heterocycles. The van der Waals surface area contributed by atoms with Crippen molar-refractivity contribution in [3.05, 3.63) is 136 Å². The Morgan fingerprint density at radius 1 is 0.730 bits per heavy atom. The molecule has 1 spiro atoms. The van der Waals surface area contributed by atoms with E-state index in [1.807, 2.05) is 30.3 Å². The van der Waals surface area contributed by atoms with Gasteiger partial charge in [-0.2, -0.15) is 0 Å². The summed E-state index contributed by atoms with van der Waals surface area (Å²) in [5.74, 6) is -1.11. The number of fused-ring (bicyclic) bond motifs is 6. The number of amides is 1. The molecule has 0 aromatic heterocycles. The van der Waals surface area contributed by atoms with Crippen LogP contribution in [0, 0.1) is 5.82 Å². The van der Waals surface area contributed by atoms with Crippen LogP contribution in [-0.2, 0) is 10.3 Å². The summed E-state index contributed by atoms with van der Waals surface area (Å²) in [4.78, 5) is 42.8. The van der Waals surface area contributed by atoms with Crippen molar-refractivity contribution in [3.63, 3.8) is 0 Å². The lowest BCUT2D eigenvalue weighted by Gasteiger charge is -2.36. The molecule has 1 amide bonds. The van der Waals surface area contributed by atoms with Crippen molar-refractivity contribution >= 4 is 34.4 Å². The maximum absolute atomic E-state index is 13.9. The Kier molecular flexibility index (Phi) is 4.25. The predicted octanol–water partition coefficient (Wildman–Crippen LogP) is 5.33. The fraction of sp³-hybridized carbons (Fsp3) is 0.0645. The van der Waals surface area contributed by atoms with Crippen LogP contribution >= 0.6 is 0 Å². The number of carbonyl (C=O) groups is 3. The number of benzene rings is 4. The molecule has 37 heavy (non-hydrogen) atoms. The van der Waals surface area contributed by atoms with Crippen LogP contribution in [0.15, 0.2) is 91.0 Å². The van der Waals surface area contributed by atoms with Crippen LogP contribution in [0.1, 0.15) is 48.5 Å². The van der Waals surface area contributed by atoms with E-state index in [2.05, 4.69) is 5.32 Å². The molecule has 0 unspecified atom stereocenters. The molecule has 0 saturated carbocycles. The molecule has 5 nitrogen and oxygen atoms in total. The van der Waals surface area contributed by atoms with Crippen LogP contribution in [0.3, 0.4) is 0 Å². The molecular weight excluding hydrogens is 467 g/mol. The average molecular weight is 487 g/mol. The number of nitrogens with one attached hydrogen (secondary N) is 1. The van der Waals surface area contributed by atoms with Gasteiger partial charge in [-0.15, -0.1) is 0 Å². The second kappa shape index (κ2) is 7.34. The van der Waals surface area contributed by atoms with Crippen molar-refractivity contribution in [1.82, 2.24) is 0 Å². The van der Waals surface area contributed by atoms with E-state index in [-0.39, 0.29) is 34.4 Å². The van der Waals surface area contributed by atoms with Gasteiger partial charge in [-0.05, 0) is 41.5 Å². The highest BCUT2D eigenvalue weighted by Crippen LogP contribution is 2.51. The van der Waals surface area contributed by atoms with Gasteiger partial charge in [-0.1, -0.05) is 60.7 Å². The second-order valence-electron chi connectivity index (χ2n) is 9.49. The average Bonchev–Trinajstić information content (AvgIpc) is 3.13. The first-order chi connectivity index (χ1) is 17.9. The Balaban J connectivity index is 1.55. The fourth-order valence-electron chi connectivity index (χ4n) is 5.79. The lowest BCUT2D eigenvalue weighted by atomic mass is 9.76. The molecule has 4 aromatic rings. The highest BCUT2D eigenvalue weighted by molar-refractivity contribution is 6.31. The van der Waals surface area contributed by atoms with Crippen LogP contribution in [0.4, 0.5) is 15.8 Å². The number of anilines is 2. The van der Waals surface area contributed by atoms with Crippen molar-refractivity contribution in [1.29, 1.82) is 0 Å². The molecule has 7 rings (SSSR count). The van der Waals surface area contributed by atoms with Gasteiger partial charge in [0.25, 0.3) is 5.91 Å². The number of hydrogen-bond donors (Lipinski definition) is 1. The van der Waals surface area contributed by atoms with Gasteiger partial charge in [-0.25, -0.2) is 4.39 Å². The maximum Gasteiger partial charge on any atom is 0.261 e. The van der Waals surface area contributed by atoms with Crippen LogP contribution < -0.4 is 10.2 Å². The molecule has 0 bridgehead atoms. The van der Waals surface area contributed by atoms with Gasteiger partial charge in [0.2, 0.25) is 0 Å². The largest absolute Gasteiger partial charge is 0.363 e. The van der Waals surface area contributed by atoms with E-state index in [1.165, 1.54) is 12.1 Å². The third kappa shape index (κ3) is 2.75. The molecule has 0 radical (unpaired) electrons. The van der Waals surface area contributed by atoms with Crippen LogP contribution in [0.5, 0.6) is 0 Å². The summed E-state index contributed by atoms with van der Waals surface area (Å²) in [5, 5.41) is 3.42. The molecule has 0 saturated heterocycles. The SMILES string of the molecule is CN1C(=O)[C@@]2(C=C(c3ccc(F)cc3)c3ccc4c(c3N2)C(=O)c2ccccc2C4=O)c2ccccc21. The number of halogens is 1. The molecule has 1 N–H and O–H groups in total. The van der Waals surface area contributed by atoms with E-state index >= 15 is 0 Å². The quantitative estimate of drug-likeness (QED) is 0.348. The fourth-order valence-corrected chi connectivity index (χ4v) is 5.79. The summed E-state index contributed by atoms with van der Waals surface area (Å²) >= 11 is 0. The molecular formula is C31H19FN2O3. The predicted molar refractivity (Wildman–Crippen MR) is 138 cm³/mol. The molecule has 2 aliphatic heterocycles. The van der Waals surface area contributed by atoms with Crippen molar-refractivity contribution in [2.24, 2.45) is 0 Å². The molecule has 0 fully saturated rings. The lowest BCUT2D eigenvalue weighted by molar-refractivity contribution is -0.120. The topological polar surface area (TPSA) is 66.5 Å². The van der Waals surface area contributed by atoms with Crippen LogP contribution in [0.25, 0.3) is 5.57 Å². The third-order valence-corrected chi connectivity index (χ3v) is 7.55. The lowest BCUT2D eigenvalue weighted by Crippen LogP contribution is -2.46. The van der Waals surface area contributed by atoms with E-state index in [9.17, 15) is 18.8 Å². The number of carbonyl (C=O) groups excluding carboxylic acids is 3. The zero-order valence-corrected chi connectivity index (χ0v) is 19.7. The van der Waals surface area contributed by atoms with Crippen molar-refractivity contribution < 1.29 is 18.8 Å². The minimum Gasteiger partial charge on any atom is -0.363 e. The minimum atomic E-state index is -1.31.